The van der Waals surface area contributed by atoms with Gasteiger partial charge in [-0.05, 0) is 32.1 Å². The van der Waals surface area contributed by atoms with Crippen LogP contribution in [-0.4, -0.2) is 29.5 Å². The van der Waals surface area contributed by atoms with Crippen LogP contribution in [0.5, 0.6) is 0 Å². The molecule has 0 saturated heterocycles. The number of anilines is 1. The minimum atomic E-state index is -0.0308. The highest BCUT2D eigenvalue weighted by Gasteiger charge is 2.17. The van der Waals surface area contributed by atoms with Crippen molar-refractivity contribution >= 4 is 5.69 Å². The van der Waals surface area contributed by atoms with E-state index in [0.29, 0.717) is 12.6 Å². The van der Waals surface area contributed by atoms with Crippen molar-refractivity contribution in [2.24, 2.45) is 0 Å². The Labute approximate surface area is 107 Å². The van der Waals surface area contributed by atoms with E-state index in [0.717, 1.165) is 25.1 Å². The molecule has 1 heterocycles. The molecule has 1 fully saturated rings. The monoisotopic (exact) mass is 251 g/mol. The molecular formula is C13H21N3O2. The standard InChI is InChI=1S/C13H21N3O2/c1-18-8-3-2-7-16-13(17)9-12(10-14-16)15-11-5-4-6-11/h9-11,15H,2-8H2,1H3. The van der Waals surface area contributed by atoms with Crippen LogP contribution in [0.3, 0.4) is 0 Å². The topological polar surface area (TPSA) is 56.1 Å². The molecule has 1 aromatic heterocycles. The lowest BCUT2D eigenvalue weighted by molar-refractivity contribution is 0.190. The van der Waals surface area contributed by atoms with Gasteiger partial charge < -0.3 is 10.1 Å². The first-order valence-electron chi connectivity index (χ1n) is 6.62. The van der Waals surface area contributed by atoms with Crippen molar-refractivity contribution in [2.45, 2.75) is 44.7 Å². The lowest BCUT2D eigenvalue weighted by atomic mass is 9.93. The van der Waals surface area contributed by atoms with E-state index in [4.69, 9.17) is 4.74 Å². The molecule has 1 N–H and O–H groups in total. The third-order valence-corrected chi connectivity index (χ3v) is 3.31. The lowest BCUT2D eigenvalue weighted by Crippen LogP contribution is -2.29. The van der Waals surface area contributed by atoms with Gasteiger partial charge in [-0.25, -0.2) is 4.68 Å². The van der Waals surface area contributed by atoms with E-state index in [9.17, 15) is 4.79 Å². The third-order valence-electron chi connectivity index (χ3n) is 3.31. The number of hydrogen-bond donors (Lipinski definition) is 1. The molecule has 0 amide bonds. The normalized spacial score (nSPS) is 15.4. The first-order chi connectivity index (χ1) is 8.79. The van der Waals surface area contributed by atoms with Crippen molar-refractivity contribution < 1.29 is 4.74 Å². The van der Waals surface area contributed by atoms with Crippen molar-refractivity contribution in [3.05, 3.63) is 22.6 Å². The average Bonchev–Trinajstić information content (AvgIpc) is 2.31. The molecule has 5 heteroatoms. The van der Waals surface area contributed by atoms with Gasteiger partial charge in [-0.3, -0.25) is 4.79 Å². The zero-order chi connectivity index (χ0) is 12.8. The number of aryl methyl sites for hydroxylation is 1. The number of unbranched alkanes of at least 4 members (excludes halogenated alkanes) is 1. The third kappa shape index (κ3) is 3.57. The summed E-state index contributed by atoms with van der Waals surface area (Å²) < 4.78 is 6.49. The number of ether oxygens (including phenoxy) is 1. The fourth-order valence-corrected chi connectivity index (χ4v) is 1.98. The highest BCUT2D eigenvalue weighted by Crippen LogP contribution is 2.21. The molecule has 0 radical (unpaired) electrons. The van der Waals surface area contributed by atoms with E-state index in [1.54, 1.807) is 19.4 Å². The molecule has 0 spiro atoms. The molecule has 0 atom stereocenters. The number of rotatable bonds is 7. The summed E-state index contributed by atoms with van der Waals surface area (Å²) in [5.74, 6) is 0. The average molecular weight is 251 g/mol. The molecule has 5 nitrogen and oxygen atoms in total. The molecular weight excluding hydrogens is 230 g/mol. The van der Waals surface area contributed by atoms with E-state index in [1.807, 2.05) is 0 Å². The maximum Gasteiger partial charge on any atom is 0.268 e. The molecule has 1 aliphatic carbocycles. The Balaban J connectivity index is 1.86. The van der Waals surface area contributed by atoms with Crippen LogP contribution < -0.4 is 10.9 Å². The summed E-state index contributed by atoms with van der Waals surface area (Å²) in [4.78, 5) is 11.8. The fourth-order valence-electron chi connectivity index (χ4n) is 1.98. The van der Waals surface area contributed by atoms with Crippen LogP contribution in [-0.2, 0) is 11.3 Å². The van der Waals surface area contributed by atoms with Crippen LogP contribution in [0, 0.1) is 0 Å². The smallest absolute Gasteiger partial charge is 0.268 e. The van der Waals surface area contributed by atoms with Gasteiger partial charge in [-0.15, -0.1) is 0 Å². The lowest BCUT2D eigenvalue weighted by Gasteiger charge is -2.27. The van der Waals surface area contributed by atoms with Gasteiger partial charge in [-0.2, -0.15) is 5.10 Å². The molecule has 0 aliphatic heterocycles. The number of nitrogens with one attached hydrogen (secondary N) is 1. The van der Waals surface area contributed by atoms with Gasteiger partial charge in [0.2, 0.25) is 0 Å². The highest BCUT2D eigenvalue weighted by atomic mass is 16.5. The second kappa shape index (κ2) is 6.54. The van der Waals surface area contributed by atoms with Gasteiger partial charge in [-0.1, -0.05) is 0 Å². The number of hydrogen-bond acceptors (Lipinski definition) is 4. The number of aromatic nitrogens is 2. The minimum absolute atomic E-state index is 0.0308. The van der Waals surface area contributed by atoms with E-state index in [1.165, 1.54) is 23.9 Å². The van der Waals surface area contributed by atoms with E-state index in [2.05, 4.69) is 10.4 Å². The van der Waals surface area contributed by atoms with Crippen LogP contribution in [0.15, 0.2) is 17.1 Å². The quantitative estimate of drug-likeness (QED) is 0.748. The molecule has 0 bridgehead atoms. The predicted molar refractivity (Wildman–Crippen MR) is 70.9 cm³/mol. The Hall–Kier alpha value is -1.36. The van der Waals surface area contributed by atoms with Crippen LogP contribution >= 0.6 is 0 Å². The summed E-state index contributed by atoms with van der Waals surface area (Å²) in [5, 5.41) is 7.52. The van der Waals surface area contributed by atoms with Crippen molar-refractivity contribution in [3.8, 4) is 0 Å². The van der Waals surface area contributed by atoms with Gasteiger partial charge in [0.05, 0.1) is 11.9 Å². The maximum atomic E-state index is 11.8. The van der Waals surface area contributed by atoms with Crippen LogP contribution in [0.1, 0.15) is 32.1 Å². The zero-order valence-corrected chi connectivity index (χ0v) is 10.9. The summed E-state index contributed by atoms with van der Waals surface area (Å²) in [6.45, 7) is 1.39. The molecule has 0 unspecified atom stereocenters. The molecule has 18 heavy (non-hydrogen) atoms. The second-order valence-corrected chi connectivity index (χ2v) is 4.78. The van der Waals surface area contributed by atoms with Gasteiger partial charge in [0.1, 0.15) is 0 Å². The first kappa shape index (κ1) is 13.1. The Morgan fingerprint density at radius 1 is 1.50 bits per heavy atom. The summed E-state index contributed by atoms with van der Waals surface area (Å²) >= 11 is 0. The van der Waals surface area contributed by atoms with Gasteiger partial charge in [0, 0.05) is 32.4 Å². The molecule has 100 valence electrons. The summed E-state index contributed by atoms with van der Waals surface area (Å²) in [6, 6.07) is 2.17. The molecule has 1 aromatic rings. The molecule has 0 aromatic carbocycles. The maximum absolute atomic E-state index is 11.8. The van der Waals surface area contributed by atoms with E-state index < -0.39 is 0 Å². The van der Waals surface area contributed by atoms with Crippen molar-refractivity contribution in [1.29, 1.82) is 0 Å². The van der Waals surface area contributed by atoms with E-state index in [-0.39, 0.29) is 5.56 Å². The molecule has 1 aliphatic rings. The second-order valence-electron chi connectivity index (χ2n) is 4.78. The summed E-state index contributed by atoms with van der Waals surface area (Å²) in [6.07, 6.45) is 7.28. The Morgan fingerprint density at radius 3 is 2.94 bits per heavy atom. The summed E-state index contributed by atoms with van der Waals surface area (Å²) in [7, 11) is 1.69. The van der Waals surface area contributed by atoms with E-state index >= 15 is 0 Å². The molecule has 2 rings (SSSR count). The number of nitrogens with zero attached hydrogens (tertiary/aromatic N) is 2. The van der Waals surface area contributed by atoms with Crippen molar-refractivity contribution in [3.63, 3.8) is 0 Å². The largest absolute Gasteiger partial charge is 0.385 e. The molecule has 1 saturated carbocycles. The van der Waals surface area contributed by atoms with Gasteiger partial charge >= 0.3 is 0 Å². The van der Waals surface area contributed by atoms with Gasteiger partial charge in [0.15, 0.2) is 0 Å². The van der Waals surface area contributed by atoms with Crippen LogP contribution in [0.25, 0.3) is 0 Å². The Bertz CT molecular complexity index is 426. The van der Waals surface area contributed by atoms with Crippen LogP contribution in [0.2, 0.25) is 0 Å². The number of methoxy groups -OCH3 is 1. The predicted octanol–water partition coefficient (Wildman–Crippen LogP) is 1.63. The van der Waals surface area contributed by atoms with Crippen molar-refractivity contribution in [2.75, 3.05) is 19.0 Å². The van der Waals surface area contributed by atoms with Gasteiger partial charge in [0.25, 0.3) is 5.56 Å². The van der Waals surface area contributed by atoms with Crippen LogP contribution in [0.4, 0.5) is 5.69 Å². The Kier molecular flexibility index (Phi) is 4.75. The fraction of sp³-hybridized carbons (Fsp3) is 0.692. The zero-order valence-electron chi connectivity index (χ0n) is 10.9. The van der Waals surface area contributed by atoms with Crippen molar-refractivity contribution in [1.82, 2.24) is 9.78 Å². The Morgan fingerprint density at radius 2 is 2.33 bits per heavy atom. The SMILES string of the molecule is COCCCCn1ncc(NC2CCC2)cc1=O. The highest BCUT2D eigenvalue weighted by molar-refractivity contribution is 5.40. The summed E-state index contributed by atoms with van der Waals surface area (Å²) in [5.41, 5.74) is 0.814. The minimum Gasteiger partial charge on any atom is -0.385 e. The first-order valence-corrected chi connectivity index (χ1v) is 6.62.